The Hall–Kier alpha value is 0.430. The first kappa shape index (κ1) is 11.9. The Morgan fingerprint density at radius 1 is 1.67 bits per heavy atom. The molecule has 0 aliphatic carbocycles. The summed E-state index contributed by atoms with van der Waals surface area (Å²) < 4.78 is 6.57. The molecule has 3 atom stereocenters. The minimum atomic E-state index is 0.391. The van der Waals surface area contributed by atoms with E-state index in [0.29, 0.717) is 16.8 Å². The van der Waals surface area contributed by atoms with Crippen LogP contribution in [0.25, 0.3) is 0 Å². The van der Waals surface area contributed by atoms with Gasteiger partial charge >= 0.3 is 0 Å². The summed E-state index contributed by atoms with van der Waals surface area (Å²) in [7, 11) is 0. The minimum Gasteiger partial charge on any atom is -0.378 e. The minimum absolute atomic E-state index is 0.391. The van der Waals surface area contributed by atoms with E-state index < -0.39 is 0 Å². The maximum atomic E-state index is 5.95. The fourth-order valence-electron chi connectivity index (χ4n) is 2.11. The average Bonchev–Trinajstić information content (AvgIpc) is 2.84. The quantitative estimate of drug-likeness (QED) is 0.738. The van der Waals surface area contributed by atoms with Gasteiger partial charge < -0.3 is 4.74 Å². The zero-order valence-corrected chi connectivity index (χ0v) is 11.7. The van der Waals surface area contributed by atoms with Crippen molar-refractivity contribution >= 4 is 38.9 Å². The van der Waals surface area contributed by atoms with Crippen molar-refractivity contribution in [1.82, 2.24) is 0 Å². The van der Waals surface area contributed by atoms with Gasteiger partial charge in [0.15, 0.2) is 0 Å². The lowest BCUT2D eigenvalue weighted by Gasteiger charge is -2.21. The number of halogens is 2. The highest BCUT2D eigenvalue weighted by atomic mass is 79.9. The van der Waals surface area contributed by atoms with E-state index in [0.717, 1.165) is 23.8 Å². The maximum Gasteiger partial charge on any atom is 0.0931 e. The topological polar surface area (TPSA) is 9.23 Å². The Balaban J connectivity index is 2.10. The highest BCUT2D eigenvalue weighted by Gasteiger charge is 2.33. The van der Waals surface area contributed by atoms with Crippen molar-refractivity contribution < 1.29 is 4.74 Å². The van der Waals surface area contributed by atoms with Crippen LogP contribution < -0.4 is 0 Å². The molecule has 0 amide bonds. The van der Waals surface area contributed by atoms with Gasteiger partial charge in [0.25, 0.3) is 0 Å². The first-order valence-corrected chi connectivity index (χ1v) is 7.34. The molecular formula is C11H14BrClOS. The molecular weight excluding hydrogens is 296 g/mol. The summed E-state index contributed by atoms with van der Waals surface area (Å²) in [6.45, 7) is 3.08. The Kier molecular flexibility index (Phi) is 4.10. The molecule has 0 saturated carbocycles. The SMILES string of the molecule is CCC1OCCC1C(Br)c1ccc(Cl)s1. The standard InChI is InChI=1S/C11H14BrClOS/c1-2-8-7(5-6-14-8)11(12)9-3-4-10(13)15-9/h3-4,7-8,11H,2,5-6H2,1H3. The first-order chi connectivity index (χ1) is 7.22. The molecule has 2 heterocycles. The van der Waals surface area contributed by atoms with Crippen LogP contribution in [0.15, 0.2) is 12.1 Å². The lowest BCUT2D eigenvalue weighted by molar-refractivity contribution is 0.0874. The third-order valence-corrected chi connectivity index (χ3v) is 5.69. The van der Waals surface area contributed by atoms with E-state index >= 15 is 0 Å². The highest BCUT2D eigenvalue weighted by molar-refractivity contribution is 9.09. The fourth-order valence-corrected chi connectivity index (χ4v) is 4.26. The van der Waals surface area contributed by atoms with E-state index in [4.69, 9.17) is 16.3 Å². The largest absolute Gasteiger partial charge is 0.378 e. The summed E-state index contributed by atoms with van der Waals surface area (Å²) in [5, 5.41) is 0. The zero-order valence-electron chi connectivity index (χ0n) is 8.58. The molecule has 1 saturated heterocycles. The van der Waals surface area contributed by atoms with Gasteiger partial charge in [-0.2, -0.15) is 0 Å². The summed E-state index contributed by atoms with van der Waals surface area (Å²) in [5.74, 6) is 0.588. The smallest absolute Gasteiger partial charge is 0.0931 e. The van der Waals surface area contributed by atoms with E-state index in [1.54, 1.807) is 11.3 Å². The summed E-state index contributed by atoms with van der Waals surface area (Å²) in [6, 6.07) is 4.07. The molecule has 1 fully saturated rings. The van der Waals surface area contributed by atoms with E-state index in [1.807, 2.05) is 6.07 Å². The van der Waals surface area contributed by atoms with Crippen LogP contribution in [0.5, 0.6) is 0 Å². The Labute approximate surface area is 108 Å². The lowest BCUT2D eigenvalue weighted by Crippen LogP contribution is -2.18. The normalized spacial score (nSPS) is 28.2. The van der Waals surface area contributed by atoms with Gasteiger partial charge in [0.05, 0.1) is 15.3 Å². The summed E-state index contributed by atoms with van der Waals surface area (Å²) >= 11 is 11.4. The van der Waals surface area contributed by atoms with Crippen LogP contribution in [0.4, 0.5) is 0 Å². The molecule has 4 heteroatoms. The zero-order chi connectivity index (χ0) is 10.8. The van der Waals surface area contributed by atoms with Crippen LogP contribution in [0, 0.1) is 5.92 Å². The molecule has 1 aliphatic rings. The van der Waals surface area contributed by atoms with Crippen LogP contribution in [-0.4, -0.2) is 12.7 Å². The van der Waals surface area contributed by atoms with Gasteiger partial charge in [0.1, 0.15) is 0 Å². The van der Waals surface area contributed by atoms with Gasteiger partial charge in [-0.1, -0.05) is 34.5 Å². The van der Waals surface area contributed by atoms with Crippen molar-refractivity contribution in [1.29, 1.82) is 0 Å². The van der Waals surface area contributed by atoms with Gasteiger partial charge in [-0.3, -0.25) is 0 Å². The van der Waals surface area contributed by atoms with Crippen LogP contribution >= 0.6 is 38.9 Å². The number of hydrogen-bond donors (Lipinski definition) is 0. The molecule has 1 aromatic rings. The molecule has 0 bridgehead atoms. The molecule has 2 rings (SSSR count). The van der Waals surface area contributed by atoms with E-state index in [9.17, 15) is 0 Å². The van der Waals surface area contributed by atoms with Crippen molar-refractivity contribution in [2.24, 2.45) is 5.92 Å². The number of ether oxygens (including phenoxy) is 1. The monoisotopic (exact) mass is 308 g/mol. The molecule has 1 aromatic heterocycles. The predicted molar refractivity (Wildman–Crippen MR) is 69.1 cm³/mol. The van der Waals surface area contributed by atoms with Crippen LogP contribution in [0.1, 0.15) is 29.5 Å². The molecule has 0 spiro atoms. The fraction of sp³-hybridized carbons (Fsp3) is 0.636. The van der Waals surface area contributed by atoms with Gasteiger partial charge in [-0.15, -0.1) is 11.3 Å². The molecule has 0 N–H and O–H groups in total. The first-order valence-electron chi connectivity index (χ1n) is 5.23. The van der Waals surface area contributed by atoms with E-state index in [-0.39, 0.29) is 0 Å². The second-order valence-corrected chi connectivity index (χ2v) is 6.55. The molecule has 0 radical (unpaired) electrons. The van der Waals surface area contributed by atoms with E-state index in [1.165, 1.54) is 4.88 Å². The molecule has 84 valence electrons. The highest BCUT2D eigenvalue weighted by Crippen LogP contribution is 2.43. The summed E-state index contributed by atoms with van der Waals surface area (Å²) in [5.41, 5.74) is 0. The maximum absolute atomic E-state index is 5.95. The lowest BCUT2D eigenvalue weighted by atomic mass is 9.95. The number of alkyl halides is 1. The van der Waals surface area contributed by atoms with Crippen molar-refractivity contribution in [3.8, 4) is 0 Å². The van der Waals surface area contributed by atoms with Gasteiger partial charge in [-0.25, -0.2) is 0 Å². The Morgan fingerprint density at radius 3 is 3.07 bits per heavy atom. The number of hydrogen-bond acceptors (Lipinski definition) is 2. The molecule has 0 aromatic carbocycles. The number of rotatable bonds is 3. The Morgan fingerprint density at radius 2 is 2.47 bits per heavy atom. The van der Waals surface area contributed by atoms with Crippen molar-refractivity contribution in [3.05, 3.63) is 21.3 Å². The molecule has 1 nitrogen and oxygen atoms in total. The molecule has 3 unspecified atom stereocenters. The van der Waals surface area contributed by atoms with Crippen molar-refractivity contribution in [3.63, 3.8) is 0 Å². The average molecular weight is 310 g/mol. The van der Waals surface area contributed by atoms with Crippen molar-refractivity contribution in [2.75, 3.05) is 6.61 Å². The van der Waals surface area contributed by atoms with Crippen molar-refractivity contribution in [2.45, 2.75) is 30.7 Å². The summed E-state index contributed by atoms with van der Waals surface area (Å²) in [4.78, 5) is 1.70. The third kappa shape index (κ3) is 2.57. The second kappa shape index (κ2) is 5.17. The van der Waals surface area contributed by atoms with Crippen LogP contribution in [-0.2, 0) is 4.74 Å². The van der Waals surface area contributed by atoms with Crippen LogP contribution in [0.3, 0.4) is 0 Å². The third-order valence-electron chi connectivity index (χ3n) is 2.90. The Bertz CT molecular complexity index is 328. The van der Waals surface area contributed by atoms with Gasteiger partial charge in [0.2, 0.25) is 0 Å². The predicted octanol–water partition coefficient (Wildman–Crippen LogP) is 4.65. The second-order valence-electron chi connectivity index (χ2n) is 3.81. The van der Waals surface area contributed by atoms with E-state index in [2.05, 4.69) is 28.9 Å². The molecule has 15 heavy (non-hydrogen) atoms. The number of thiophene rings is 1. The van der Waals surface area contributed by atoms with Gasteiger partial charge in [0, 0.05) is 17.4 Å². The van der Waals surface area contributed by atoms with Gasteiger partial charge in [-0.05, 0) is 25.0 Å². The summed E-state index contributed by atoms with van der Waals surface area (Å²) in [6.07, 6.45) is 2.63. The molecule has 1 aliphatic heterocycles. The van der Waals surface area contributed by atoms with Crippen LogP contribution in [0.2, 0.25) is 4.34 Å².